The topological polar surface area (TPSA) is 52.6 Å². The van der Waals surface area contributed by atoms with E-state index in [1.165, 1.54) is 0 Å². The van der Waals surface area contributed by atoms with Crippen molar-refractivity contribution in [1.82, 2.24) is 0 Å². The molecule has 1 heterocycles. The number of hydrogen-bond acceptors (Lipinski definition) is 4. The van der Waals surface area contributed by atoms with Gasteiger partial charge in [0.05, 0.1) is 18.6 Å². The van der Waals surface area contributed by atoms with Gasteiger partial charge < -0.3 is 9.47 Å². The predicted octanol–water partition coefficient (Wildman–Crippen LogP) is 3.50. The van der Waals surface area contributed by atoms with E-state index in [2.05, 4.69) is 0 Å². The van der Waals surface area contributed by atoms with Crippen LogP contribution in [0.5, 0.6) is 5.75 Å². The van der Waals surface area contributed by atoms with Crippen molar-refractivity contribution >= 4 is 11.9 Å². The van der Waals surface area contributed by atoms with Crippen LogP contribution in [0.2, 0.25) is 0 Å². The van der Waals surface area contributed by atoms with Crippen LogP contribution in [0.15, 0.2) is 54.6 Å². The van der Waals surface area contributed by atoms with Gasteiger partial charge in [0, 0.05) is 11.0 Å². The third kappa shape index (κ3) is 3.26. The van der Waals surface area contributed by atoms with Gasteiger partial charge in [0.1, 0.15) is 5.75 Å². The zero-order valence-corrected chi connectivity index (χ0v) is 13.0. The SMILES string of the molecule is C[C@@]1(CCOC(=O)c2ccccc2)CC(=O)Oc2ccccc21. The number of carbonyl (C=O) groups excluding carboxylic acids is 2. The third-order valence-corrected chi connectivity index (χ3v) is 4.19. The Bertz CT molecular complexity index is 723. The normalized spacial score (nSPS) is 19.6. The summed E-state index contributed by atoms with van der Waals surface area (Å²) in [5.74, 6) is 0.00194. The number of fused-ring (bicyclic) bond motifs is 1. The molecule has 2 aromatic carbocycles. The molecule has 0 saturated heterocycles. The zero-order valence-electron chi connectivity index (χ0n) is 13.0. The van der Waals surface area contributed by atoms with E-state index in [9.17, 15) is 9.59 Å². The van der Waals surface area contributed by atoms with Crippen molar-refractivity contribution in [3.8, 4) is 5.75 Å². The van der Waals surface area contributed by atoms with Crippen molar-refractivity contribution in [2.75, 3.05) is 6.61 Å². The van der Waals surface area contributed by atoms with Gasteiger partial charge in [-0.2, -0.15) is 0 Å². The van der Waals surface area contributed by atoms with Gasteiger partial charge in [0.2, 0.25) is 0 Å². The minimum Gasteiger partial charge on any atom is -0.462 e. The van der Waals surface area contributed by atoms with Crippen LogP contribution in [-0.2, 0) is 14.9 Å². The van der Waals surface area contributed by atoms with Crippen molar-refractivity contribution < 1.29 is 19.1 Å². The van der Waals surface area contributed by atoms with Crippen LogP contribution >= 0.6 is 0 Å². The Kier molecular flexibility index (Phi) is 4.15. The van der Waals surface area contributed by atoms with E-state index in [1.54, 1.807) is 30.3 Å². The van der Waals surface area contributed by atoms with Crippen LogP contribution < -0.4 is 4.74 Å². The lowest BCUT2D eigenvalue weighted by molar-refractivity contribution is -0.137. The highest BCUT2D eigenvalue weighted by atomic mass is 16.5. The number of benzene rings is 2. The molecule has 0 aromatic heterocycles. The molecule has 4 heteroatoms. The number of ether oxygens (including phenoxy) is 2. The fourth-order valence-electron chi connectivity index (χ4n) is 2.88. The van der Waals surface area contributed by atoms with Gasteiger partial charge in [0.25, 0.3) is 0 Å². The lowest BCUT2D eigenvalue weighted by atomic mass is 9.75. The molecule has 0 radical (unpaired) electrons. The molecule has 0 amide bonds. The van der Waals surface area contributed by atoms with E-state index in [0.717, 1.165) is 5.56 Å². The van der Waals surface area contributed by atoms with Crippen LogP contribution in [0, 0.1) is 0 Å². The number of hydrogen-bond donors (Lipinski definition) is 0. The van der Waals surface area contributed by atoms with Crippen LogP contribution in [0.4, 0.5) is 0 Å². The van der Waals surface area contributed by atoms with E-state index < -0.39 is 0 Å². The standard InChI is InChI=1S/C19H18O4/c1-19(11-12-22-18(21)14-7-3-2-4-8-14)13-17(20)23-16-10-6-5-9-15(16)19/h2-10H,11-13H2,1H3/t19-/m1/s1. The summed E-state index contributed by atoms with van der Waals surface area (Å²) >= 11 is 0. The highest BCUT2D eigenvalue weighted by molar-refractivity contribution is 5.89. The summed E-state index contributed by atoms with van der Waals surface area (Å²) in [5, 5.41) is 0. The van der Waals surface area contributed by atoms with Gasteiger partial charge in [-0.15, -0.1) is 0 Å². The van der Waals surface area contributed by atoms with Gasteiger partial charge >= 0.3 is 11.9 Å². The molecule has 1 aliphatic rings. The fraction of sp³-hybridized carbons (Fsp3) is 0.263. The molecule has 0 saturated carbocycles. The highest BCUT2D eigenvalue weighted by Crippen LogP contribution is 2.41. The second-order valence-electron chi connectivity index (χ2n) is 5.96. The molecule has 23 heavy (non-hydrogen) atoms. The number of esters is 2. The Hall–Kier alpha value is -2.62. The molecular weight excluding hydrogens is 292 g/mol. The monoisotopic (exact) mass is 310 g/mol. The summed E-state index contributed by atoms with van der Waals surface area (Å²) in [4.78, 5) is 23.8. The summed E-state index contributed by atoms with van der Waals surface area (Å²) in [5.41, 5.74) is 1.12. The van der Waals surface area contributed by atoms with Crippen molar-refractivity contribution in [2.45, 2.75) is 25.2 Å². The first-order chi connectivity index (χ1) is 11.1. The molecule has 0 bridgehead atoms. The lowest BCUT2D eigenvalue weighted by Gasteiger charge is -2.34. The number of rotatable bonds is 4. The molecule has 1 aliphatic heterocycles. The van der Waals surface area contributed by atoms with Crippen molar-refractivity contribution in [1.29, 1.82) is 0 Å². The van der Waals surface area contributed by atoms with Crippen molar-refractivity contribution in [2.24, 2.45) is 0 Å². The molecule has 118 valence electrons. The smallest absolute Gasteiger partial charge is 0.338 e. The maximum atomic E-state index is 12.0. The summed E-state index contributed by atoms with van der Waals surface area (Å²) in [6, 6.07) is 16.4. The Morgan fingerprint density at radius 1 is 1.13 bits per heavy atom. The Balaban J connectivity index is 1.68. The molecule has 0 spiro atoms. The molecule has 0 N–H and O–H groups in total. The lowest BCUT2D eigenvalue weighted by Crippen LogP contribution is -2.34. The fourth-order valence-corrected chi connectivity index (χ4v) is 2.88. The largest absolute Gasteiger partial charge is 0.462 e. The second kappa shape index (κ2) is 6.24. The maximum absolute atomic E-state index is 12.0. The van der Waals surface area contributed by atoms with Crippen molar-refractivity contribution in [3.63, 3.8) is 0 Å². The van der Waals surface area contributed by atoms with E-state index in [-0.39, 0.29) is 30.4 Å². The first kappa shape index (κ1) is 15.3. The molecule has 3 rings (SSSR count). The van der Waals surface area contributed by atoms with Gasteiger partial charge in [-0.05, 0) is 24.6 Å². The average Bonchev–Trinajstić information content (AvgIpc) is 2.55. The van der Waals surface area contributed by atoms with Gasteiger partial charge in [-0.1, -0.05) is 43.3 Å². The molecule has 0 fully saturated rings. The quantitative estimate of drug-likeness (QED) is 0.640. The Morgan fingerprint density at radius 3 is 2.61 bits per heavy atom. The molecular formula is C19H18O4. The minimum atomic E-state index is -0.386. The van der Waals surface area contributed by atoms with E-state index in [0.29, 0.717) is 17.7 Å². The van der Waals surface area contributed by atoms with Gasteiger partial charge in [-0.25, -0.2) is 4.79 Å². The summed E-state index contributed by atoms with van der Waals surface area (Å²) in [6.07, 6.45) is 0.852. The van der Waals surface area contributed by atoms with Gasteiger partial charge in [0.15, 0.2) is 0 Å². The summed E-state index contributed by atoms with van der Waals surface area (Å²) in [7, 11) is 0. The minimum absolute atomic E-state index is 0.249. The van der Waals surface area contributed by atoms with Crippen molar-refractivity contribution in [3.05, 3.63) is 65.7 Å². The molecule has 0 unspecified atom stereocenters. The highest BCUT2D eigenvalue weighted by Gasteiger charge is 2.37. The summed E-state index contributed by atoms with van der Waals surface area (Å²) < 4.78 is 10.6. The van der Waals surface area contributed by atoms with E-state index >= 15 is 0 Å². The van der Waals surface area contributed by atoms with Crippen LogP contribution in [0.1, 0.15) is 35.7 Å². The number of para-hydroxylation sites is 1. The van der Waals surface area contributed by atoms with Crippen LogP contribution in [-0.4, -0.2) is 18.5 Å². The zero-order chi connectivity index (χ0) is 16.3. The first-order valence-electron chi connectivity index (χ1n) is 7.61. The average molecular weight is 310 g/mol. The third-order valence-electron chi connectivity index (χ3n) is 4.19. The second-order valence-corrected chi connectivity index (χ2v) is 5.96. The maximum Gasteiger partial charge on any atom is 0.338 e. The molecule has 1 atom stereocenters. The molecule has 4 nitrogen and oxygen atoms in total. The van der Waals surface area contributed by atoms with Gasteiger partial charge in [-0.3, -0.25) is 4.79 Å². The molecule has 0 aliphatic carbocycles. The predicted molar refractivity (Wildman–Crippen MR) is 85.4 cm³/mol. The van der Waals surface area contributed by atoms with E-state index in [1.807, 2.05) is 31.2 Å². The van der Waals surface area contributed by atoms with Crippen LogP contribution in [0.3, 0.4) is 0 Å². The van der Waals surface area contributed by atoms with E-state index in [4.69, 9.17) is 9.47 Å². The Morgan fingerprint density at radius 2 is 1.83 bits per heavy atom. The molecule has 2 aromatic rings. The number of carbonyl (C=O) groups is 2. The Labute approximate surface area is 135 Å². The van der Waals surface area contributed by atoms with Crippen LogP contribution in [0.25, 0.3) is 0 Å². The summed E-state index contributed by atoms with van der Waals surface area (Å²) in [6.45, 7) is 2.26. The first-order valence-corrected chi connectivity index (χ1v) is 7.61.